The monoisotopic (exact) mass is 328 g/mol. The molecule has 0 spiro atoms. The number of unbranched alkanes of at least 4 members (excludes halogenated alkanes) is 12. The van der Waals surface area contributed by atoms with Gasteiger partial charge in [0.25, 0.3) is 0 Å². The van der Waals surface area contributed by atoms with E-state index in [1.54, 1.807) is 6.07 Å². The van der Waals surface area contributed by atoms with Crippen LogP contribution < -0.4 is 29.6 Å². The minimum absolute atomic E-state index is 0. The van der Waals surface area contributed by atoms with Gasteiger partial charge in [0.15, 0.2) is 0 Å². The van der Waals surface area contributed by atoms with Crippen LogP contribution in [0.2, 0.25) is 0 Å². The normalized spacial score (nSPS) is 10.5. The maximum atomic E-state index is 9.70. The second-order valence-corrected chi connectivity index (χ2v) is 6.62. The summed E-state index contributed by atoms with van der Waals surface area (Å²) in [6.07, 6.45) is 19.1. The third-order valence-electron chi connectivity index (χ3n) is 4.54. The molecule has 0 fully saturated rings. The summed E-state index contributed by atoms with van der Waals surface area (Å²) in [7, 11) is 0. The molecular formula is C21H37NaO. The second kappa shape index (κ2) is 16.9. The molecule has 0 radical (unpaired) electrons. The maximum absolute atomic E-state index is 9.70. The van der Waals surface area contributed by atoms with E-state index in [0.29, 0.717) is 5.75 Å². The fraction of sp³-hybridized carbons (Fsp3) is 0.714. The van der Waals surface area contributed by atoms with E-state index in [1.165, 1.54) is 83.5 Å². The van der Waals surface area contributed by atoms with Crippen molar-refractivity contribution in [3.8, 4) is 5.75 Å². The topological polar surface area (TPSA) is 20.2 Å². The quantitative estimate of drug-likeness (QED) is 0.402. The average Bonchev–Trinajstić information content (AvgIpc) is 2.53. The van der Waals surface area contributed by atoms with Crippen LogP contribution in [0.25, 0.3) is 0 Å². The molecule has 0 amide bonds. The van der Waals surface area contributed by atoms with E-state index in [9.17, 15) is 5.11 Å². The molecule has 128 valence electrons. The number of aromatic hydroxyl groups is 1. The Balaban J connectivity index is 0. The van der Waals surface area contributed by atoms with E-state index in [1.807, 2.05) is 18.2 Å². The van der Waals surface area contributed by atoms with Crippen molar-refractivity contribution in [2.75, 3.05) is 0 Å². The molecule has 0 bridgehead atoms. The molecule has 1 aromatic carbocycles. The number of rotatable bonds is 14. The van der Waals surface area contributed by atoms with Gasteiger partial charge in [0.2, 0.25) is 0 Å². The largest absolute Gasteiger partial charge is 1.00 e. The van der Waals surface area contributed by atoms with Crippen molar-refractivity contribution in [3.63, 3.8) is 0 Å². The summed E-state index contributed by atoms with van der Waals surface area (Å²) in [5.74, 6) is 0.460. The van der Waals surface area contributed by atoms with Crippen LogP contribution in [0.15, 0.2) is 24.3 Å². The smallest absolute Gasteiger partial charge is 1.00 e. The predicted molar refractivity (Wildman–Crippen MR) is 98.6 cm³/mol. The summed E-state index contributed by atoms with van der Waals surface area (Å²) in [6, 6.07) is 7.73. The van der Waals surface area contributed by atoms with Gasteiger partial charge in [-0.3, -0.25) is 0 Å². The molecule has 0 aromatic heterocycles. The molecule has 0 heterocycles. The number of hydrogen-bond donors (Lipinski definition) is 1. The molecule has 0 atom stereocenters. The van der Waals surface area contributed by atoms with E-state index in [0.717, 1.165) is 12.0 Å². The Morgan fingerprint density at radius 3 is 1.61 bits per heavy atom. The number of para-hydroxylation sites is 1. The zero-order valence-electron chi connectivity index (χ0n) is 16.7. The van der Waals surface area contributed by atoms with Crippen LogP contribution in [0.3, 0.4) is 0 Å². The Morgan fingerprint density at radius 1 is 0.696 bits per heavy atom. The number of aryl methyl sites for hydroxylation is 1. The first-order valence-electron chi connectivity index (χ1n) is 9.61. The molecule has 0 aliphatic carbocycles. The molecule has 0 saturated carbocycles. The summed E-state index contributed by atoms with van der Waals surface area (Å²) in [6.45, 7) is 2.28. The third-order valence-corrected chi connectivity index (χ3v) is 4.54. The van der Waals surface area contributed by atoms with Crippen molar-refractivity contribution in [3.05, 3.63) is 29.8 Å². The second-order valence-electron chi connectivity index (χ2n) is 6.62. The summed E-state index contributed by atoms with van der Waals surface area (Å²) >= 11 is 0. The summed E-state index contributed by atoms with van der Waals surface area (Å²) in [5, 5.41) is 9.70. The van der Waals surface area contributed by atoms with Crippen LogP contribution in [0, 0.1) is 0 Å². The number of phenols is 1. The van der Waals surface area contributed by atoms with Crippen molar-refractivity contribution in [1.29, 1.82) is 0 Å². The zero-order chi connectivity index (χ0) is 15.9. The van der Waals surface area contributed by atoms with E-state index in [2.05, 4.69) is 6.92 Å². The molecule has 0 saturated heterocycles. The van der Waals surface area contributed by atoms with Crippen LogP contribution in [-0.2, 0) is 6.42 Å². The van der Waals surface area contributed by atoms with E-state index >= 15 is 0 Å². The summed E-state index contributed by atoms with van der Waals surface area (Å²) < 4.78 is 0. The van der Waals surface area contributed by atoms with Crippen LogP contribution in [0.4, 0.5) is 0 Å². The van der Waals surface area contributed by atoms with Crippen molar-refractivity contribution in [1.82, 2.24) is 0 Å². The van der Waals surface area contributed by atoms with E-state index in [4.69, 9.17) is 0 Å². The molecule has 1 N–H and O–H groups in total. The molecule has 2 heteroatoms. The molecule has 0 aliphatic rings. The SMILES string of the molecule is CCCCCCCCCCCCCCCc1ccccc1O.[H-].[Na+]. The minimum atomic E-state index is 0. The van der Waals surface area contributed by atoms with Gasteiger partial charge in [-0.25, -0.2) is 0 Å². The molecule has 1 nitrogen and oxygen atoms in total. The maximum Gasteiger partial charge on any atom is 1.00 e. The van der Waals surface area contributed by atoms with Crippen molar-refractivity contribution in [2.24, 2.45) is 0 Å². The van der Waals surface area contributed by atoms with Gasteiger partial charge in [-0.15, -0.1) is 0 Å². The van der Waals surface area contributed by atoms with Crippen LogP contribution in [0.1, 0.15) is 97.4 Å². The van der Waals surface area contributed by atoms with Gasteiger partial charge in [0.1, 0.15) is 5.75 Å². The van der Waals surface area contributed by atoms with Gasteiger partial charge < -0.3 is 6.53 Å². The fourth-order valence-electron chi connectivity index (χ4n) is 3.06. The summed E-state index contributed by atoms with van der Waals surface area (Å²) in [4.78, 5) is 0. The van der Waals surface area contributed by atoms with Gasteiger partial charge >= 0.3 is 29.6 Å². The molecule has 0 unspecified atom stereocenters. The fourth-order valence-corrected chi connectivity index (χ4v) is 3.06. The van der Waals surface area contributed by atoms with Gasteiger partial charge in [-0.05, 0) is 24.5 Å². The van der Waals surface area contributed by atoms with Gasteiger partial charge in [0.05, 0.1) is 0 Å². The Morgan fingerprint density at radius 2 is 1.13 bits per heavy atom. The van der Waals surface area contributed by atoms with Crippen LogP contribution in [0.5, 0.6) is 5.75 Å². The van der Waals surface area contributed by atoms with E-state index in [-0.39, 0.29) is 31.0 Å². The van der Waals surface area contributed by atoms with Gasteiger partial charge in [-0.2, -0.15) is 0 Å². The Labute approximate surface area is 168 Å². The zero-order valence-corrected chi connectivity index (χ0v) is 17.7. The number of benzene rings is 1. The number of hydrogen-bond acceptors (Lipinski definition) is 1. The average molecular weight is 329 g/mol. The van der Waals surface area contributed by atoms with Gasteiger partial charge in [-0.1, -0.05) is 102 Å². The first-order chi connectivity index (χ1) is 10.8. The molecule has 1 aromatic rings. The standard InChI is InChI=1S/C21H36O.Na.H/c1-2-3-4-5-6-7-8-9-10-11-12-13-14-17-20-18-15-16-19-21(20)22;;/h15-16,18-19,22H,2-14,17H2,1H3;;/q;+1;-1. The minimum Gasteiger partial charge on any atom is -1.00 e. The Bertz CT molecular complexity index is 371. The molecule has 1 rings (SSSR count). The van der Waals surface area contributed by atoms with Crippen LogP contribution >= 0.6 is 0 Å². The first-order valence-corrected chi connectivity index (χ1v) is 9.61. The van der Waals surface area contributed by atoms with Crippen molar-refractivity contribution >= 4 is 0 Å². The van der Waals surface area contributed by atoms with E-state index < -0.39 is 0 Å². The molecular weight excluding hydrogens is 291 g/mol. The molecule has 0 aliphatic heterocycles. The predicted octanol–water partition coefficient (Wildman–Crippen LogP) is 4.14. The summed E-state index contributed by atoms with van der Waals surface area (Å²) in [5.41, 5.74) is 1.10. The van der Waals surface area contributed by atoms with Crippen molar-refractivity contribution < 1.29 is 36.1 Å². The Hall–Kier alpha value is 0.0200. The van der Waals surface area contributed by atoms with Gasteiger partial charge in [0, 0.05) is 0 Å². The first kappa shape index (κ1) is 23.0. The van der Waals surface area contributed by atoms with Crippen molar-refractivity contribution in [2.45, 2.75) is 96.8 Å². The Kier molecular flexibility index (Phi) is 16.9. The third kappa shape index (κ3) is 13.0. The molecule has 23 heavy (non-hydrogen) atoms. The van der Waals surface area contributed by atoms with Crippen LogP contribution in [-0.4, -0.2) is 5.11 Å². The number of phenolic OH excluding ortho intramolecular Hbond substituents is 1.